The van der Waals surface area contributed by atoms with Gasteiger partial charge in [0.2, 0.25) is 5.91 Å². The standard InChI is InChI=1S/C15H22N2O/c1-3-7-15(8-9-16-11-15)14(18)17-13-6-4-5-12(2)10-13/h4-6,10,16H,3,7-9,11H2,1-2H3,(H,17,18). The SMILES string of the molecule is CCCC1(C(=O)Nc2cccc(C)c2)CCNC1. The third-order valence-corrected chi connectivity index (χ3v) is 3.73. The normalized spacial score (nSPS) is 23.0. The van der Waals surface area contributed by atoms with Crippen LogP contribution in [0.15, 0.2) is 24.3 Å². The second-order valence-corrected chi connectivity index (χ2v) is 5.28. The van der Waals surface area contributed by atoms with Gasteiger partial charge in [-0.2, -0.15) is 0 Å². The summed E-state index contributed by atoms with van der Waals surface area (Å²) in [6.45, 7) is 5.92. The molecule has 18 heavy (non-hydrogen) atoms. The van der Waals surface area contributed by atoms with Crippen molar-refractivity contribution in [3.63, 3.8) is 0 Å². The van der Waals surface area contributed by atoms with Crippen LogP contribution in [0.25, 0.3) is 0 Å². The predicted molar refractivity (Wildman–Crippen MR) is 74.6 cm³/mol. The molecule has 1 aromatic rings. The Kier molecular flexibility index (Phi) is 4.02. The van der Waals surface area contributed by atoms with E-state index in [1.807, 2.05) is 31.2 Å². The smallest absolute Gasteiger partial charge is 0.231 e. The average Bonchev–Trinajstić information content (AvgIpc) is 2.79. The molecule has 1 unspecified atom stereocenters. The van der Waals surface area contributed by atoms with Gasteiger partial charge in [0.05, 0.1) is 5.41 Å². The van der Waals surface area contributed by atoms with Gasteiger partial charge in [-0.1, -0.05) is 25.5 Å². The van der Waals surface area contributed by atoms with Gasteiger partial charge < -0.3 is 10.6 Å². The van der Waals surface area contributed by atoms with Crippen molar-refractivity contribution in [2.45, 2.75) is 33.1 Å². The number of rotatable bonds is 4. The van der Waals surface area contributed by atoms with Crippen molar-refractivity contribution in [3.05, 3.63) is 29.8 Å². The van der Waals surface area contributed by atoms with Gasteiger partial charge in [0.25, 0.3) is 0 Å². The number of benzene rings is 1. The fraction of sp³-hybridized carbons (Fsp3) is 0.533. The molecule has 0 aromatic heterocycles. The number of nitrogens with one attached hydrogen (secondary N) is 2. The molecular formula is C15H22N2O. The zero-order valence-corrected chi connectivity index (χ0v) is 11.3. The molecule has 3 heteroatoms. The van der Waals surface area contributed by atoms with Crippen LogP contribution < -0.4 is 10.6 Å². The number of carbonyl (C=O) groups excluding carboxylic acids is 1. The lowest BCUT2D eigenvalue weighted by Gasteiger charge is -2.26. The largest absolute Gasteiger partial charge is 0.326 e. The van der Waals surface area contributed by atoms with Crippen LogP contribution in [0, 0.1) is 12.3 Å². The Bertz CT molecular complexity index is 422. The van der Waals surface area contributed by atoms with Gasteiger partial charge in [-0.25, -0.2) is 0 Å². The van der Waals surface area contributed by atoms with E-state index in [4.69, 9.17) is 0 Å². The molecule has 1 aliphatic rings. The van der Waals surface area contributed by atoms with E-state index in [0.717, 1.165) is 38.0 Å². The number of carbonyl (C=O) groups is 1. The molecule has 2 N–H and O–H groups in total. The van der Waals surface area contributed by atoms with E-state index >= 15 is 0 Å². The maximum atomic E-state index is 12.5. The lowest BCUT2D eigenvalue weighted by Crippen LogP contribution is -2.38. The van der Waals surface area contributed by atoms with Gasteiger partial charge in [-0.15, -0.1) is 0 Å². The first kappa shape index (κ1) is 13.1. The predicted octanol–water partition coefficient (Wildman–Crippen LogP) is 2.71. The first-order chi connectivity index (χ1) is 8.66. The first-order valence-corrected chi connectivity index (χ1v) is 6.75. The molecule has 0 aliphatic carbocycles. The van der Waals surface area contributed by atoms with Gasteiger partial charge in [0.15, 0.2) is 0 Å². The summed E-state index contributed by atoms with van der Waals surface area (Å²) in [4.78, 5) is 12.5. The topological polar surface area (TPSA) is 41.1 Å². The lowest BCUT2D eigenvalue weighted by atomic mass is 9.81. The van der Waals surface area contributed by atoms with E-state index < -0.39 is 0 Å². The average molecular weight is 246 g/mol. The minimum Gasteiger partial charge on any atom is -0.326 e. The van der Waals surface area contributed by atoms with Gasteiger partial charge >= 0.3 is 0 Å². The summed E-state index contributed by atoms with van der Waals surface area (Å²) in [6, 6.07) is 7.98. The third-order valence-electron chi connectivity index (χ3n) is 3.73. The van der Waals surface area contributed by atoms with E-state index in [1.165, 1.54) is 5.56 Å². The van der Waals surface area contributed by atoms with Crippen LogP contribution in [0.5, 0.6) is 0 Å². The van der Waals surface area contributed by atoms with Crippen LogP contribution in [0.2, 0.25) is 0 Å². The number of hydrogen-bond acceptors (Lipinski definition) is 2. The quantitative estimate of drug-likeness (QED) is 0.857. The Hall–Kier alpha value is -1.35. The molecule has 0 saturated carbocycles. The molecule has 1 aliphatic heterocycles. The van der Waals surface area contributed by atoms with E-state index in [0.29, 0.717) is 0 Å². The molecule has 1 amide bonds. The highest BCUT2D eigenvalue weighted by Crippen LogP contribution is 2.32. The lowest BCUT2D eigenvalue weighted by molar-refractivity contribution is -0.125. The van der Waals surface area contributed by atoms with Gasteiger partial charge in [-0.05, 0) is 44.0 Å². The van der Waals surface area contributed by atoms with E-state index in [9.17, 15) is 4.79 Å². The molecule has 0 bridgehead atoms. The van der Waals surface area contributed by atoms with Crippen molar-refractivity contribution in [3.8, 4) is 0 Å². The highest BCUT2D eigenvalue weighted by atomic mass is 16.2. The first-order valence-electron chi connectivity index (χ1n) is 6.75. The summed E-state index contributed by atoms with van der Waals surface area (Å²) in [5.41, 5.74) is 1.86. The summed E-state index contributed by atoms with van der Waals surface area (Å²) in [6.07, 6.45) is 2.94. The van der Waals surface area contributed by atoms with Gasteiger partial charge in [0, 0.05) is 12.2 Å². The zero-order valence-electron chi connectivity index (χ0n) is 11.3. The molecule has 1 aromatic carbocycles. The fourth-order valence-corrected chi connectivity index (χ4v) is 2.73. The summed E-state index contributed by atoms with van der Waals surface area (Å²) >= 11 is 0. The Morgan fingerprint density at radius 1 is 1.50 bits per heavy atom. The number of hydrogen-bond donors (Lipinski definition) is 2. The molecule has 0 spiro atoms. The molecular weight excluding hydrogens is 224 g/mol. The molecule has 1 atom stereocenters. The highest BCUT2D eigenvalue weighted by molar-refractivity contribution is 5.95. The highest BCUT2D eigenvalue weighted by Gasteiger charge is 2.40. The maximum absolute atomic E-state index is 12.5. The van der Waals surface area contributed by atoms with Gasteiger partial charge in [-0.3, -0.25) is 4.79 Å². The molecule has 2 rings (SSSR count). The van der Waals surface area contributed by atoms with Crippen molar-refractivity contribution in [2.75, 3.05) is 18.4 Å². The van der Waals surface area contributed by atoms with Crippen LogP contribution in [-0.4, -0.2) is 19.0 Å². The Morgan fingerprint density at radius 2 is 2.33 bits per heavy atom. The van der Waals surface area contributed by atoms with E-state index in [-0.39, 0.29) is 11.3 Å². The summed E-state index contributed by atoms with van der Waals surface area (Å²) in [5, 5.41) is 6.39. The fourth-order valence-electron chi connectivity index (χ4n) is 2.73. The second kappa shape index (κ2) is 5.53. The van der Waals surface area contributed by atoms with E-state index in [1.54, 1.807) is 0 Å². The van der Waals surface area contributed by atoms with Crippen molar-refractivity contribution in [2.24, 2.45) is 5.41 Å². The summed E-state index contributed by atoms with van der Waals surface area (Å²) in [5.74, 6) is 0.167. The number of aryl methyl sites for hydroxylation is 1. The van der Waals surface area contributed by atoms with Crippen LogP contribution in [0.4, 0.5) is 5.69 Å². The summed E-state index contributed by atoms with van der Waals surface area (Å²) < 4.78 is 0. The monoisotopic (exact) mass is 246 g/mol. The minimum atomic E-state index is -0.210. The third kappa shape index (κ3) is 2.72. The maximum Gasteiger partial charge on any atom is 0.231 e. The van der Waals surface area contributed by atoms with Gasteiger partial charge in [0.1, 0.15) is 0 Å². The summed E-state index contributed by atoms with van der Waals surface area (Å²) in [7, 11) is 0. The molecule has 3 nitrogen and oxygen atoms in total. The number of amides is 1. The van der Waals surface area contributed by atoms with Crippen LogP contribution in [0.1, 0.15) is 31.7 Å². The van der Waals surface area contributed by atoms with Crippen molar-refractivity contribution < 1.29 is 4.79 Å². The van der Waals surface area contributed by atoms with Crippen LogP contribution in [-0.2, 0) is 4.79 Å². The Labute approximate surface area is 109 Å². The minimum absolute atomic E-state index is 0.167. The van der Waals surface area contributed by atoms with Crippen LogP contribution in [0.3, 0.4) is 0 Å². The molecule has 1 saturated heterocycles. The molecule has 0 radical (unpaired) electrons. The molecule has 1 heterocycles. The zero-order chi connectivity index (χ0) is 13.0. The number of anilines is 1. The van der Waals surface area contributed by atoms with E-state index in [2.05, 4.69) is 17.6 Å². The Balaban J connectivity index is 2.10. The van der Waals surface area contributed by atoms with Crippen molar-refractivity contribution in [1.82, 2.24) is 5.32 Å². The van der Waals surface area contributed by atoms with Crippen LogP contribution >= 0.6 is 0 Å². The second-order valence-electron chi connectivity index (χ2n) is 5.28. The van der Waals surface area contributed by atoms with Crippen molar-refractivity contribution >= 4 is 11.6 Å². The molecule has 1 fully saturated rings. The van der Waals surface area contributed by atoms with Crippen molar-refractivity contribution in [1.29, 1.82) is 0 Å². The molecule has 98 valence electrons. The Morgan fingerprint density at radius 3 is 2.94 bits per heavy atom.